The Morgan fingerprint density at radius 3 is 3.00 bits per heavy atom. The van der Waals surface area contributed by atoms with Crippen LogP contribution in [0.4, 0.5) is 0 Å². The highest BCUT2D eigenvalue weighted by Gasteiger charge is 2.13. The number of allylic oxidation sites excluding steroid dienone is 1. The third kappa shape index (κ3) is 2.58. The molecule has 0 aromatic carbocycles. The Bertz CT molecular complexity index is 192. The van der Waals surface area contributed by atoms with Crippen molar-refractivity contribution >= 4 is 5.97 Å². The summed E-state index contributed by atoms with van der Waals surface area (Å²) in [5.74, 6) is -0.222. The first-order valence-electron chi connectivity index (χ1n) is 3.86. The van der Waals surface area contributed by atoms with Gasteiger partial charge in [0.15, 0.2) is 0 Å². The summed E-state index contributed by atoms with van der Waals surface area (Å²) < 4.78 is 4.91. The average Bonchev–Trinajstić information content (AvgIpc) is 2.37. The van der Waals surface area contributed by atoms with Crippen LogP contribution in [-0.2, 0) is 9.53 Å². The third-order valence-corrected chi connectivity index (χ3v) is 1.49. The van der Waals surface area contributed by atoms with Crippen LogP contribution in [0.2, 0.25) is 0 Å². The molecular weight excluding hydrogens is 140 g/mol. The smallest absolute Gasteiger partial charge is 0.331 e. The first-order chi connectivity index (χ1) is 5.33. The van der Waals surface area contributed by atoms with Gasteiger partial charge in [-0.3, -0.25) is 0 Å². The molecule has 11 heavy (non-hydrogen) atoms. The molecule has 1 aliphatic rings. The van der Waals surface area contributed by atoms with Crippen molar-refractivity contribution in [3.63, 3.8) is 0 Å². The largest absolute Gasteiger partial charge is 0.455 e. The van der Waals surface area contributed by atoms with E-state index in [9.17, 15) is 4.79 Å². The number of hydrogen-bond donors (Lipinski definition) is 0. The molecule has 0 saturated heterocycles. The zero-order chi connectivity index (χ0) is 8.10. The number of cyclic esters (lactones) is 1. The Labute approximate surface area is 66.5 Å². The molecule has 0 unspecified atom stereocenters. The fraction of sp³-hybridized carbons (Fsp3) is 0.444. The van der Waals surface area contributed by atoms with E-state index in [-0.39, 0.29) is 12.1 Å². The van der Waals surface area contributed by atoms with E-state index in [0.29, 0.717) is 0 Å². The lowest BCUT2D eigenvalue weighted by Crippen LogP contribution is -2.05. The van der Waals surface area contributed by atoms with E-state index in [1.165, 1.54) is 6.08 Å². The van der Waals surface area contributed by atoms with Crippen molar-refractivity contribution in [2.75, 3.05) is 0 Å². The van der Waals surface area contributed by atoms with E-state index < -0.39 is 0 Å². The summed E-state index contributed by atoms with van der Waals surface area (Å²) in [5, 5.41) is 0. The van der Waals surface area contributed by atoms with Crippen LogP contribution in [-0.4, -0.2) is 12.1 Å². The fourth-order valence-electron chi connectivity index (χ4n) is 0.937. The number of ether oxygens (including phenoxy) is 1. The molecule has 0 spiro atoms. The summed E-state index contributed by atoms with van der Waals surface area (Å²) in [6.07, 6.45) is 9.19. The zero-order valence-corrected chi connectivity index (χ0v) is 6.62. The Morgan fingerprint density at radius 1 is 1.64 bits per heavy atom. The highest BCUT2D eigenvalue weighted by atomic mass is 16.5. The monoisotopic (exact) mass is 152 g/mol. The molecule has 0 aromatic rings. The molecule has 2 heteroatoms. The first kappa shape index (κ1) is 8.05. The summed E-state index contributed by atoms with van der Waals surface area (Å²) in [5.41, 5.74) is 0. The highest BCUT2D eigenvalue weighted by Crippen LogP contribution is 2.09. The molecule has 0 amide bonds. The van der Waals surface area contributed by atoms with Gasteiger partial charge < -0.3 is 4.74 Å². The summed E-state index contributed by atoms with van der Waals surface area (Å²) >= 11 is 0. The van der Waals surface area contributed by atoms with Crippen molar-refractivity contribution in [1.82, 2.24) is 0 Å². The maximum atomic E-state index is 10.6. The summed E-state index contributed by atoms with van der Waals surface area (Å²) in [4.78, 5) is 10.6. The van der Waals surface area contributed by atoms with Crippen LogP contribution in [0.1, 0.15) is 19.8 Å². The quantitative estimate of drug-likeness (QED) is 0.455. The zero-order valence-electron chi connectivity index (χ0n) is 6.62. The van der Waals surface area contributed by atoms with Gasteiger partial charge in [-0.25, -0.2) is 4.79 Å². The van der Waals surface area contributed by atoms with Gasteiger partial charge in [0.1, 0.15) is 6.10 Å². The van der Waals surface area contributed by atoms with Gasteiger partial charge in [-0.05, 0) is 12.5 Å². The predicted octanol–water partition coefficient (Wildman–Crippen LogP) is 1.82. The van der Waals surface area contributed by atoms with Crippen molar-refractivity contribution in [2.24, 2.45) is 0 Å². The standard InChI is InChI=1S/C9H12O2/c1-2-3-4-5-8-6-7-9(10)11-8/h3-4,6-8H,2,5H2,1H3/t8-/m1/s1. The Balaban J connectivity index is 2.24. The second-order valence-corrected chi connectivity index (χ2v) is 2.45. The van der Waals surface area contributed by atoms with Gasteiger partial charge in [0, 0.05) is 12.5 Å². The molecule has 60 valence electrons. The van der Waals surface area contributed by atoms with Gasteiger partial charge in [0.2, 0.25) is 0 Å². The minimum atomic E-state index is -0.222. The minimum Gasteiger partial charge on any atom is -0.455 e. The van der Waals surface area contributed by atoms with Gasteiger partial charge in [-0.15, -0.1) is 0 Å². The summed E-state index contributed by atoms with van der Waals surface area (Å²) in [6.45, 7) is 2.08. The van der Waals surface area contributed by atoms with Crippen molar-refractivity contribution < 1.29 is 9.53 Å². The van der Waals surface area contributed by atoms with Crippen molar-refractivity contribution in [3.8, 4) is 0 Å². The Kier molecular flexibility index (Phi) is 2.90. The van der Waals surface area contributed by atoms with Crippen molar-refractivity contribution in [3.05, 3.63) is 24.3 Å². The average molecular weight is 152 g/mol. The van der Waals surface area contributed by atoms with Gasteiger partial charge in [-0.2, -0.15) is 0 Å². The van der Waals surface area contributed by atoms with E-state index in [0.717, 1.165) is 12.8 Å². The molecule has 2 nitrogen and oxygen atoms in total. The Hall–Kier alpha value is -1.05. The van der Waals surface area contributed by atoms with Gasteiger partial charge in [0.05, 0.1) is 0 Å². The van der Waals surface area contributed by atoms with Gasteiger partial charge in [-0.1, -0.05) is 19.1 Å². The van der Waals surface area contributed by atoms with E-state index in [1.807, 2.05) is 6.08 Å². The predicted molar refractivity (Wildman–Crippen MR) is 43.1 cm³/mol. The molecule has 1 rings (SSSR count). The lowest BCUT2D eigenvalue weighted by molar-refractivity contribution is -0.138. The van der Waals surface area contributed by atoms with Crippen molar-refractivity contribution in [2.45, 2.75) is 25.9 Å². The number of carbonyl (C=O) groups is 1. The molecule has 0 saturated carbocycles. The van der Waals surface area contributed by atoms with Crippen LogP contribution < -0.4 is 0 Å². The molecule has 0 aliphatic carbocycles. The van der Waals surface area contributed by atoms with E-state index in [4.69, 9.17) is 4.74 Å². The second-order valence-electron chi connectivity index (χ2n) is 2.45. The first-order valence-corrected chi connectivity index (χ1v) is 3.86. The Morgan fingerprint density at radius 2 is 2.45 bits per heavy atom. The molecule has 1 heterocycles. The molecule has 0 aromatic heterocycles. The fourth-order valence-corrected chi connectivity index (χ4v) is 0.937. The molecule has 1 aliphatic heterocycles. The number of rotatable bonds is 3. The summed E-state index contributed by atoms with van der Waals surface area (Å²) in [7, 11) is 0. The molecule has 0 bridgehead atoms. The normalized spacial score (nSPS) is 23.0. The van der Waals surface area contributed by atoms with Crippen LogP contribution >= 0.6 is 0 Å². The number of hydrogen-bond acceptors (Lipinski definition) is 2. The lowest BCUT2D eigenvalue weighted by atomic mass is 10.2. The molecular formula is C9H12O2. The number of esters is 1. The van der Waals surface area contributed by atoms with Crippen LogP contribution in [0.5, 0.6) is 0 Å². The minimum absolute atomic E-state index is 0.0229. The van der Waals surface area contributed by atoms with E-state index >= 15 is 0 Å². The maximum Gasteiger partial charge on any atom is 0.331 e. The molecule has 0 N–H and O–H groups in total. The van der Waals surface area contributed by atoms with Gasteiger partial charge in [0.25, 0.3) is 0 Å². The topological polar surface area (TPSA) is 26.3 Å². The number of carbonyl (C=O) groups excluding carboxylic acids is 1. The summed E-state index contributed by atoms with van der Waals surface area (Å²) in [6, 6.07) is 0. The van der Waals surface area contributed by atoms with Crippen LogP contribution in [0.15, 0.2) is 24.3 Å². The van der Waals surface area contributed by atoms with E-state index in [1.54, 1.807) is 6.08 Å². The van der Waals surface area contributed by atoms with Crippen LogP contribution in [0.3, 0.4) is 0 Å². The molecule has 0 radical (unpaired) electrons. The molecule has 0 fully saturated rings. The van der Waals surface area contributed by atoms with E-state index in [2.05, 4.69) is 13.0 Å². The second kappa shape index (κ2) is 3.96. The highest BCUT2D eigenvalue weighted by molar-refractivity contribution is 5.84. The van der Waals surface area contributed by atoms with Gasteiger partial charge >= 0.3 is 5.97 Å². The lowest BCUT2D eigenvalue weighted by Gasteiger charge is -2.02. The van der Waals surface area contributed by atoms with Crippen LogP contribution in [0.25, 0.3) is 0 Å². The maximum absolute atomic E-state index is 10.6. The van der Waals surface area contributed by atoms with Crippen molar-refractivity contribution in [1.29, 1.82) is 0 Å². The van der Waals surface area contributed by atoms with Crippen LogP contribution in [0, 0.1) is 0 Å². The SMILES string of the molecule is CCC=CC[C@@H]1C=CC(=O)O1. The molecule has 1 atom stereocenters. The third-order valence-electron chi connectivity index (χ3n) is 1.49.